The highest BCUT2D eigenvalue weighted by Gasteiger charge is 2.58. The van der Waals surface area contributed by atoms with Crippen LogP contribution >= 0.6 is 7.60 Å². The average molecular weight is 575 g/mol. The van der Waals surface area contributed by atoms with Crippen molar-refractivity contribution in [1.29, 1.82) is 0 Å². The highest BCUT2D eigenvalue weighted by molar-refractivity contribution is 7.54. The number of carbonyl (C=O) groups excluding carboxylic acids is 1. The fraction of sp³-hybridized carbons (Fsp3) is 0.542. The van der Waals surface area contributed by atoms with E-state index in [1.807, 2.05) is 0 Å². The second kappa shape index (κ2) is 12.1. The van der Waals surface area contributed by atoms with E-state index in [1.165, 1.54) is 26.0 Å². The number of anilines is 1. The van der Waals surface area contributed by atoms with E-state index in [2.05, 4.69) is 4.98 Å². The summed E-state index contributed by atoms with van der Waals surface area (Å²) in [4.78, 5) is 28.1. The van der Waals surface area contributed by atoms with Crippen LogP contribution in [0.25, 0.3) is 0 Å². The molecule has 0 bridgehead atoms. The van der Waals surface area contributed by atoms with Crippen molar-refractivity contribution in [1.82, 2.24) is 9.55 Å². The monoisotopic (exact) mass is 574 g/mol. The normalized spacial score (nSPS) is 26.1. The van der Waals surface area contributed by atoms with Gasteiger partial charge in [-0.3, -0.25) is 13.9 Å². The summed E-state index contributed by atoms with van der Waals surface area (Å²) in [5, 5.41) is 11.0. The predicted octanol–water partition coefficient (Wildman–Crippen LogP) is 2.15. The van der Waals surface area contributed by atoms with Gasteiger partial charge < -0.3 is 30.6 Å². The van der Waals surface area contributed by atoms with E-state index in [1.54, 1.807) is 32.0 Å². The van der Waals surface area contributed by atoms with E-state index in [4.69, 9.17) is 30.0 Å². The zero-order chi connectivity index (χ0) is 29.1. The number of alkyl halides is 1. The van der Waals surface area contributed by atoms with Gasteiger partial charge in [0.15, 0.2) is 17.9 Å². The van der Waals surface area contributed by atoms with Crippen molar-refractivity contribution >= 4 is 19.4 Å². The maximum atomic E-state index is 14.2. The van der Waals surface area contributed by atoms with Crippen molar-refractivity contribution in [3.63, 3.8) is 0 Å². The Hall–Kier alpha value is -2.90. The third kappa shape index (κ3) is 6.82. The van der Waals surface area contributed by atoms with Crippen LogP contribution in [0.1, 0.15) is 33.9 Å². The molecule has 0 spiro atoms. The summed E-state index contributed by atoms with van der Waals surface area (Å²) in [7, 11) is -4.18. The summed E-state index contributed by atoms with van der Waals surface area (Å²) in [6.45, 7) is 4.78. The minimum Gasteiger partial charge on any atom is -0.463 e. The molecular weight excluding hydrogens is 541 g/mol. The molecule has 0 saturated carbocycles. The van der Waals surface area contributed by atoms with Crippen molar-refractivity contribution in [2.24, 2.45) is 11.7 Å². The molecular formula is C24H33F2N4O8P. The van der Waals surface area contributed by atoms with Crippen molar-refractivity contribution in [2.45, 2.75) is 63.9 Å². The van der Waals surface area contributed by atoms with Crippen LogP contribution in [0.2, 0.25) is 0 Å². The number of nitrogens with two attached hydrogens (primary N) is 2. The number of halogens is 2. The third-order valence-corrected chi connectivity index (χ3v) is 8.19. The molecule has 216 valence electrons. The molecule has 1 unspecified atom stereocenters. The van der Waals surface area contributed by atoms with Gasteiger partial charge in [-0.1, -0.05) is 25.1 Å². The van der Waals surface area contributed by atoms with E-state index in [9.17, 15) is 28.0 Å². The Kier molecular flexibility index (Phi) is 9.50. The lowest BCUT2D eigenvalue weighted by Crippen LogP contribution is -2.58. The molecule has 39 heavy (non-hydrogen) atoms. The van der Waals surface area contributed by atoms with E-state index in [-0.39, 0.29) is 5.75 Å². The van der Waals surface area contributed by atoms with E-state index in [0.717, 1.165) is 0 Å². The lowest BCUT2D eigenvalue weighted by molar-refractivity contribution is -0.151. The maximum absolute atomic E-state index is 14.2. The van der Waals surface area contributed by atoms with Crippen LogP contribution in [-0.4, -0.2) is 63.4 Å². The van der Waals surface area contributed by atoms with E-state index < -0.39 is 85.8 Å². The zero-order valence-electron chi connectivity index (χ0n) is 21.9. The molecule has 1 saturated heterocycles. The highest BCUT2D eigenvalue weighted by Crippen LogP contribution is 2.52. The van der Waals surface area contributed by atoms with Gasteiger partial charge in [-0.25, -0.2) is 18.1 Å². The molecule has 1 fully saturated rings. The van der Waals surface area contributed by atoms with Crippen LogP contribution in [0.3, 0.4) is 0 Å². The second-order valence-corrected chi connectivity index (χ2v) is 11.7. The summed E-state index contributed by atoms with van der Waals surface area (Å²) >= 11 is 0. The number of ether oxygens (including phenoxy) is 2. The van der Waals surface area contributed by atoms with Crippen molar-refractivity contribution < 1.29 is 41.8 Å². The van der Waals surface area contributed by atoms with Crippen LogP contribution in [-0.2, 0) is 23.4 Å². The number of carbonyl (C=O) groups is 1. The molecule has 7 atom stereocenters. The van der Waals surface area contributed by atoms with E-state index in [0.29, 0.717) is 10.8 Å². The van der Waals surface area contributed by atoms with Gasteiger partial charge in [0.25, 0.3) is 0 Å². The Morgan fingerprint density at radius 2 is 1.92 bits per heavy atom. The smallest absolute Gasteiger partial charge is 0.380 e. The molecule has 1 aromatic heterocycles. The first-order valence-corrected chi connectivity index (χ1v) is 13.9. The largest absolute Gasteiger partial charge is 0.463 e. The van der Waals surface area contributed by atoms with Gasteiger partial charge in [-0.2, -0.15) is 4.98 Å². The fourth-order valence-electron chi connectivity index (χ4n) is 4.08. The van der Waals surface area contributed by atoms with Crippen LogP contribution in [0.4, 0.5) is 14.6 Å². The summed E-state index contributed by atoms with van der Waals surface area (Å²) in [6, 6.07) is 8.03. The topological polar surface area (TPSA) is 178 Å². The molecule has 3 rings (SSSR count). The number of aliphatic hydroxyl groups is 1. The number of benzene rings is 1. The minimum absolute atomic E-state index is 0.176. The predicted molar refractivity (Wildman–Crippen MR) is 136 cm³/mol. The Bertz CT molecular complexity index is 1270. The number of para-hydroxylation sites is 1. The first-order chi connectivity index (χ1) is 18.2. The number of hydrogen-bond acceptors (Lipinski definition) is 11. The van der Waals surface area contributed by atoms with Crippen LogP contribution in [0.5, 0.6) is 5.75 Å². The Labute approximate surface area is 223 Å². The summed E-state index contributed by atoms with van der Waals surface area (Å²) in [5.41, 5.74) is 8.09. The summed E-state index contributed by atoms with van der Waals surface area (Å²) in [6.07, 6.45) is -6.48. The third-order valence-electron chi connectivity index (χ3n) is 6.05. The molecule has 1 aliphatic rings. The van der Waals surface area contributed by atoms with Crippen LogP contribution in [0, 0.1) is 11.7 Å². The Balaban J connectivity index is 1.91. The van der Waals surface area contributed by atoms with Gasteiger partial charge in [-0.15, -0.1) is 0 Å². The fourth-order valence-corrected chi connectivity index (χ4v) is 6.17. The standard InChI is InChI=1S/C24H33F2N4O8P/c1-13(2)35-21(32)14(3)11-39(34,38-16-8-6-5-7-9-16)37-15(4)18-19(31)24(28,12-25)22(36-18)30-10-17(26)20(27)29-23(30)33/h5-10,13-15,18-19,22,31H,11-12,28H2,1-4H3,(H2,27,29,33)/t14-,15+,18-,19+,22-,24?,39+/m1/s1. The minimum atomic E-state index is -4.18. The van der Waals surface area contributed by atoms with Crippen LogP contribution < -0.4 is 21.7 Å². The number of hydrogen-bond donors (Lipinski definition) is 3. The molecule has 2 heterocycles. The van der Waals surface area contributed by atoms with Gasteiger partial charge in [0.1, 0.15) is 30.2 Å². The molecule has 15 heteroatoms. The van der Waals surface area contributed by atoms with Gasteiger partial charge in [0.05, 0.1) is 30.5 Å². The lowest BCUT2D eigenvalue weighted by Gasteiger charge is -2.31. The second-order valence-electron chi connectivity index (χ2n) is 9.70. The molecule has 1 aromatic carbocycles. The Morgan fingerprint density at radius 3 is 2.51 bits per heavy atom. The SMILES string of the molecule is CC(C)OC(=O)[C@H](C)C[P@@](=O)(Oc1ccccc1)O[C@@H](C)[C@H]1O[C@@H](n2cc(F)c(N)nc2=O)C(N)(CF)[C@H]1O. The van der Waals surface area contributed by atoms with Crippen molar-refractivity contribution in [2.75, 3.05) is 18.6 Å². The van der Waals surface area contributed by atoms with Crippen LogP contribution in [0.15, 0.2) is 41.3 Å². The van der Waals surface area contributed by atoms with Gasteiger partial charge in [0.2, 0.25) is 0 Å². The number of rotatable bonds is 11. The number of aromatic nitrogens is 2. The van der Waals surface area contributed by atoms with Gasteiger partial charge in [-0.05, 0) is 32.9 Å². The molecule has 2 aromatic rings. The Morgan fingerprint density at radius 1 is 1.28 bits per heavy atom. The summed E-state index contributed by atoms with van der Waals surface area (Å²) in [5.74, 6) is -3.15. The average Bonchev–Trinajstić information content (AvgIpc) is 3.12. The molecule has 0 amide bonds. The van der Waals surface area contributed by atoms with Gasteiger partial charge >= 0.3 is 19.3 Å². The number of esters is 1. The van der Waals surface area contributed by atoms with Crippen molar-refractivity contribution in [3.8, 4) is 5.75 Å². The molecule has 0 radical (unpaired) electrons. The maximum Gasteiger partial charge on any atom is 0.380 e. The van der Waals surface area contributed by atoms with Crippen molar-refractivity contribution in [3.05, 3.63) is 52.8 Å². The molecule has 5 N–H and O–H groups in total. The lowest BCUT2D eigenvalue weighted by atomic mass is 9.91. The molecule has 1 aliphatic heterocycles. The summed E-state index contributed by atoms with van der Waals surface area (Å²) < 4.78 is 65.2. The number of nitrogen functional groups attached to an aromatic ring is 1. The molecule has 0 aliphatic carbocycles. The molecule has 12 nitrogen and oxygen atoms in total. The van der Waals surface area contributed by atoms with E-state index >= 15 is 0 Å². The zero-order valence-corrected chi connectivity index (χ0v) is 22.8. The number of nitrogens with zero attached hydrogens (tertiary/aromatic N) is 2. The van der Waals surface area contributed by atoms with Gasteiger partial charge in [0, 0.05) is 0 Å². The first-order valence-electron chi connectivity index (χ1n) is 12.2. The number of aliphatic hydroxyl groups excluding tert-OH is 1. The quantitative estimate of drug-likeness (QED) is 0.265. The highest BCUT2D eigenvalue weighted by atomic mass is 31.2. The first kappa shape index (κ1) is 30.6.